The van der Waals surface area contributed by atoms with Crippen molar-refractivity contribution in [3.05, 3.63) is 12.4 Å². The van der Waals surface area contributed by atoms with Gasteiger partial charge in [0.1, 0.15) is 12.6 Å². The number of aryl methyl sites for hydroxylation is 1. The molecule has 2 amide bonds. The number of carbonyl (C=O) groups excluding carboxylic acids is 2. The van der Waals surface area contributed by atoms with Crippen LogP contribution in [0.2, 0.25) is 0 Å². The number of amides is 2. The summed E-state index contributed by atoms with van der Waals surface area (Å²) in [7, 11) is 1.80. The van der Waals surface area contributed by atoms with Gasteiger partial charge in [-0.25, -0.2) is 0 Å². The number of piperazine rings is 1. The number of nitrogens with zero attached hydrogens (tertiary/aromatic N) is 4. The van der Waals surface area contributed by atoms with E-state index in [0.29, 0.717) is 5.69 Å². The Kier molecular flexibility index (Phi) is 2.57. The van der Waals surface area contributed by atoms with Gasteiger partial charge in [0, 0.05) is 19.8 Å². The van der Waals surface area contributed by atoms with E-state index in [4.69, 9.17) is 0 Å². The van der Waals surface area contributed by atoms with Crippen LogP contribution in [0.15, 0.2) is 12.4 Å². The smallest absolute Gasteiger partial charge is 0.250 e. The minimum atomic E-state index is -0.264. The van der Waals surface area contributed by atoms with Gasteiger partial charge in [-0.05, 0) is 19.3 Å². The number of fused-ring (bicyclic) bond motifs is 1. The lowest BCUT2D eigenvalue weighted by Gasteiger charge is -2.42. The molecule has 0 aromatic carbocycles. The summed E-state index contributed by atoms with van der Waals surface area (Å²) in [6.07, 6.45) is 6.19. The van der Waals surface area contributed by atoms with Gasteiger partial charge in [-0.15, -0.1) is 0 Å². The summed E-state index contributed by atoms with van der Waals surface area (Å²) in [4.78, 5) is 27.8. The SMILES string of the molecule is Cn1cc(N2CC(=O)N3CCCCC3C2=O)cn1. The number of hydrogen-bond donors (Lipinski definition) is 0. The quantitative estimate of drug-likeness (QED) is 0.710. The molecule has 1 aromatic heterocycles. The second-order valence-corrected chi connectivity index (χ2v) is 4.90. The van der Waals surface area contributed by atoms with Gasteiger partial charge in [0.25, 0.3) is 0 Å². The molecule has 0 N–H and O–H groups in total. The average molecular weight is 248 g/mol. The molecule has 0 aliphatic carbocycles. The van der Waals surface area contributed by atoms with Gasteiger partial charge >= 0.3 is 0 Å². The molecule has 1 unspecified atom stereocenters. The van der Waals surface area contributed by atoms with E-state index in [-0.39, 0.29) is 24.4 Å². The van der Waals surface area contributed by atoms with Crippen LogP contribution in [0.5, 0.6) is 0 Å². The maximum absolute atomic E-state index is 12.4. The fourth-order valence-electron chi connectivity index (χ4n) is 2.74. The van der Waals surface area contributed by atoms with Gasteiger partial charge in [-0.2, -0.15) is 5.10 Å². The Morgan fingerprint density at radius 3 is 2.89 bits per heavy atom. The highest BCUT2D eigenvalue weighted by Gasteiger charge is 2.41. The van der Waals surface area contributed by atoms with Crippen LogP contribution < -0.4 is 4.90 Å². The van der Waals surface area contributed by atoms with Crippen LogP contribution in [0.1, 0.15) is 19.3 Å². The van der Waals surface area contributed by atoms with Crippen LogP contribution in [-0.4, -0.2) is 45.6 Å². The molecule has 96 valence electrons. The zero-order valence-corrected chi connectivity index (χ0v) is 10.4. The molecule has 3 heterocycles. The highest BCUT2D eigenvalue weighted by atomic mass is 16.2. The third kappa shape index (κ3) is 1.68. The first-order chi connectivity index (χ1) is 8.66. The summed E-state index contributed by atoms with van der Waals surface area (Å²) in [6, 6.07) is -0.264. The molecule has 6 heteroatoms. The molecule has 0 saturated carbocycles. The van der Waals surface area contributed by atoms with Gasteiger partial charge < -0.3 is 4.90 Å². The summed E-state index contributed by atoms with van der Waals surface area (Å²) < 4.78 is 1.64. The Morgan fingerprint density at radius 1 is 1.33 bits per heavy atom. The predicted octanol–water partition coefficient (Wildman–Crippen LogP) is 0.148. The predicted molar refractivity (Wildman–Crippen MR) is 64.9 cm³/mol. The highest BCUT2D eigenvalue weighted by molar-refractivity contribution is 6.06. The van der Waals surface area contributed by atoms with E-state index in [1.165, 1.54) is 0 Å². The van der Waals surface area contributed by atoms with E-state index < -0.39 is 0 Å². The third-order valence-electron chi connectivity index (χ3n) is 3.67. The van der Waals surface area contributed by atoms with Gasteiger partial charge in [0.15, 0.2) is 0 Å². The molecule has 3 rings (SSSR count). The molecule has 2 aliphatic rings. The van der Waals surface area contributed by atoms with Gasteiger partial charge in [-0.1, -0.05) is 0 Å². The molecule has 2 aliphatic heterocycles. The van der Waals surface area contributed by atoms with Crippen LogP contribution >= 0.6 is 0 Å². The standard InChI is InChI=1S/C12H16N4O2/c1-14-7-9(6-13-14)16-8-11(17)15-5-3-2-4-10(15)12(16)18/h6-7,10H,2-5,8H2,1H3. The molecule has 1 atom stereocenters. The summed E-state index contributed by atoms with van der Waals surface area (Å²) in [6.45, 7) is 0.858. The van der Waals surface area contributed by atoms with E-state index >= 15 is 0 Å². The number of carbonyl (C=O) groups is 2. The fraction of sp³-hybridized carbons (Fsp3) is 0.583. The van der Waals surface area contributed by atoms with E-state index in [2.05, 4.69) is 5.10 Å². The lowest BCUT2D eigenvalue weighted by atomic mass is 9.98. The van der Waals surface area contributed by atoms with Crippen LogP contribution in [0.4, 0.5) is 5.69 Å². The van der Waals surface area contributed by atoms with Crippen molar-refractivity contribution in [3.63, 3.8) is 0 Å². The zero-order valence-electron chi connectivity index (χ0n) is 10.4. The van der Waals surface area contributed by atoms with E-state index in [0.717, 1.165) is 25.8 Å². The van der Waals surface area contributed by atoms with Crippen LogP contribution in [0, 0.1) is 0 Å². The molecule has 2 fully saturated rings. The second kappa shape index (κ2) is 4.12. The van der Waals surface area contributed by atoms with Crippen LogP contribution in [0.25, 0.3) is 0 Å². The number of piperidine rings is 1. The molecular weight excluding hydrogens is 232 g/mol. The number of hydrogen-bond acceptors (Lipinski definition) is 3. The first-order valence-corrected chi connectivity index (χ1v) is 6.26. The first-order valence-electron chi connectivity index (χ1n) is 6.26. The van der Waals surface area contributed by atoms with Crippen molar-refractivity contribution in [1.29, 1.82) is 0 Å². The lowest BCUT2D eigenvalue weighted by molar-refractivity contribution is -0.144. The number of anilines is 1. The Balaban J connectivity index is 1.89. The summed E-state index contributed by atoms with van der Waals surface area (Å²) in [5.74, 6) is 0.0745. The first kappa shape index (κ1) is 11.3. The molecule has 18 heavy (non-hydrogen) atoms. The van der Waals surface area contributed by atoms with Gasteiger partial charge in [-0.3, -0.25) is 19.2 Å². The van der Waals surface area contributed by atoms with Crippen molar-refractivity contribution in [2.24, 2.45) is 7.05 Å². The van der Waals surface area contributed by atoms with Crippen molar-refractivity contribution in [3.8, 4) is 0 Å². The van der Waals surface area contributed by atoms with Crippen molar-refractivity contribution >= 4 is 17.5 Å². The lowest BCUT2D eigenvalue weighted by Crippen LogP contribution is -2.61. The molecular formula is C12H16N4O2. The Labute approximate surface area is 105 Å². The van der Waals surface area contributed by atoms with Crippen molar-refractivity contribution in [2.75, 3.05) is 18.0 Å². The molecule has 0 radical (unpaired) electrons. The average Bonchev–Trinajstić information content (AvgIpc) is 2.80. The highest BCUT2D eigenvalue weighted by Crippen LogP contribution is 2.26. The van der Waals surface area contributed by atoms with E-state index in [1.807, 2.05) is 0 Å². The summed E-state index contributed by atoms with van der Waals surface area (Å²) in [5, 5.41) is 4.05. The Bertz CT molecular complexity index is 496. The number of rotatable bonds is 1. The summed E-state index contributed by atoms with van der Waals surface area (Å²) in [5.41, 5.74) is 0.709. The number of aromatic nitrogens is 2. The van der Waals surface area contributed by atoms with E-state index in [9.17, 15) is 9.59 Å². The van der Waals surface area contributed by atoms with Gasteiger partial charge in [0.05, 0.1) is 11.9 Å². The topological polar surface area (TPSA) is 58.4 Å². The van der Waals surface area contributed by atoms with Gasteiger partial charge in [0.2, 0.25) is 11.8 Å². The molecule has 0 spiro atoms. The van der Waals surface area contributed by atoms with Crippen molar-refractivity contribution < 1.29 is 9.59 Å². The Morgan fingerprint density at radius 2 is 2.17 bits per heavy atom. The van der Waals surface area contributed by atoms with Crippen LogP contribution in [-0.2, 0) is 16.6 Å². The minimum Gasteiger partial charge on any atom is -0.329 e. The maximum atomic E-state index is 12.4. The largest absolute Gasteiger partial charge is 0.329 e. The fourth-order valence-corrected chi connectivity index (χ4v) is 2.74. The van der Waals surface area contributed by atoms with E-state index in [1.54, 1.807) is 33.9 Å². The zero-order chi connectivity index (χ0) is 12.7. The molecule has 2 saturated heterocycles. The molecule has 0 bridgehead atoms. The third-order valence-corrected chi connectivity index (χ3v) is 3.67. The molecule has 1 aromatic rings. The maximum Gasteiger partial charge on any atom is 0.250 e. The Hall–Kier alpha value is -1.85. The monoisotopic (exact) mass is 248 g/mol. The molecule has 6 nitrogen and oxygen atoms in total. The normalized spacial score (nSPS) is 24.4. The second-order valence-electron chi connectivity index (χ2n) is 4.90. The summed E-state index contributed by atoms with van der Waals surface area (Å²) >= 11 is 0. The van der Waals surface area contributed by atoms with Crippen molar-refractivity contribution in [1.82, 2.24) is 14.7 Å². The minimum absolute atomic E-state index is 0.0299. The van der Waals surface area contributed by atoms with Crippen molar-refractivity contribution in [2.45, 2.75) is 25.3 Å². The van der Waals surface area contributed by atoms with Crippen LogP contribution in [0.3, 0.4) is 0 Å².